The van der Waals surface area contributed by atoms with Gasteiger partial charge >= 0.3 is 5.69 Å². The third-order valence-corrected chi connectivity index (χ3v) is 4.72. The third-order valence-electron chi connectivity index (χ3n) is 4.48. The summed E-state index contributed by atoms with van der Waals surface area (Å²) in [7, 11) is 0. The second-order valence-corrected chi connectivity index (χ2v) is 6.72. The van der Waals surface area contributed by atoms with Crippen molar-refractivity contribution in [1.82, 2.24) is 14.5 Å². The van der Waals surface area contributed by atoms with E-state index in [4.69, 9.17) is 11.6 Å². The Kier molecular flexibility index (Phi) is 5.46. The molecule has 0 bridgehead atoms. The van der Waals surface area contributed by atoms with Crippen LogP contribution >= 0.6 is 11.6 Å². The summed E-state index contributed by atoms with van der Waals surface area (Å²) in [6.07, 6.45) is 0. The number of carbonyl (C=O) groups is 1. The molecule has 7 heteroatoms. The highest BCUT2D eigenvalue weighted by Crippen LogP contribution is 2.16. The first-order valence-electron chi connectivity index (χ1n) is 8.69. The number of carbonyl (C=O) groups excluding carboxylic acids is 1. The number of hydrogen-bond donors (Lipinski definition) is 1. The summed E-state index contributed by atoms with van der Waals surface area (Å²) in [4.78, 5) is 37.8. The predicted molar refractivity (Wildman–Crippen MR) is 106 cm³/mol. The fraction of sp³-hybridized carbons (Fsp3) is 0.250. The van der Waals surface area contributed by atoms with E-state index in [2.05, 4.69) is 5.32 Å². The predicted octanol–water partition coefficient (Wildman–Crippen LogP) is 2.71. The smallest absolute Gasteiger partial charge is 0.331 e. The van der Waals surface area contributed by atoms with Gasteiger partial charge in [0.25, 0.3) is 5.56 Å². The second kappa shape index (κ2) is 7.80. The molecule has 0 unspecified atom stereocenters. The number of fused-ring (bicyclic) bond motifs is 1. The quantitative estimate of drug-likeness (QED) is 0.733. The topological polar surface area (TPSA) is 73.1 Å². The first-order chi connectivity index (χ1) is 12.9. The lowest BCUT2D eigenvalue weighted by Gasteiger charge is -2.17. The Morgan fingerprint density at radius 3 is 2.48 bits per heavy atom. The number of hydrogen-bond acceptors (Lipinski definition) is 3. The van der Waals surface area contributed by atoms with Gasteiger partial charge in [0, 0.05) is 11.6 Å². The average Bonchev–Trinajstić information content (AvgIpc) is 2.66. The van der Waals surface area contributed by atoms with E-state index in [9.17, 15) is 14.4 Å². The number of amides is 1. The lowest BCUT2D eigenvalue weighted by atomic mass is 10.1. The molecule has 140 valence electrons. The van der Waals surface area contributed by atoms with Gasteiger partial charge in [-0.15, -0.1) is 0 Å². The molecule has 27 heavy (non-hydrogen) atoms. The molecule has 0 aliphatic rings. The van der Waals surface area contributed by atoms with Gasteiger partial charge in [0.15, 0.2) is 0 Å². The van der Waals surface area contributed by atoms with Crippen LogP contribution in [0.3, 0.4) is 0 Å². The van der Waals surface area contributed by atoms with Gasteiger partial charge in [-0.2, -0.15) is 0 Å². The van der Waals surface area contributed by atoms with Crippen molar-refractivity contribution in [3.8, 4) is 0 Å². The summed E-state index contributed by atoms with van der Waals surface area (Å²) in [6.45, 7) is 3.61. The third kappa shape index (κ3) is 3.80. The summed E-state index contributed by atoms with van der Waals surface area (Å²) in [5.74, 6) is -0.323. The van der Waals surface area contributed by atoms with E-state index in [0.717, 1.165) is 10.1 Å². The number of nitrogens with zero attached hydrogens (tertiary/aromatic N) is 2. The number of halogens is 1. The van der Waals surface area contributed by atoms with Gasteiger partial charge in [-0.05, 0) is 37.6 Å². The summed E-state index contributed by atoms with van der Waals surface area (Å²) in [6, 6.07) is 14.0. The van der Waals surface area contributed by atoms with Crippen LogP contribution in [0.25, 0.3) is 10.9 Å². The fourth-order valence-corrected chi connectivity index (χ4v) is 3.24. The molecule has 1 atom stereocenters. The molecule has 1 aromatic heterocycles. The summed E-state index contributed by atoms with van der Waals surface area (Å²) < 4.78 is 2.41. The molecule has 2 aromatic carbocycles. The summed E-state index contributed by atoms with van der Waals surface area (Å²) in [5.41, 5.74) is 0.401. The maximum atomic E-state index is 12.7. The van der Waals surface area contributed by atoms with Crippen molar-refractivity contribution in [2.75, 3.05) is 0 Å². The van der Waals surface area contributed by atoms with Crippen LogP contribution < -0.4 is 16.6 Å². The Labute approximate surface area is 161 Å². The van der Waals surface area contributed by atoms with Crippen LogP contribution in [0.2, 0.25) is 5.02 Å². The van der Waals surface area contributed by atoms with Gasteiger partial charge in [-0.25, -0.2) is 4.79 Å². The number of rotatable bonds is 5. The maximum Gasteiger partial charge on any atom is 0.331 e. The van der Waals surface area contributed by atoms with E-state index in [1.807, 2.05) is 37.3 Å². The van der Waals surface area contributed by atoms with E-state index < -0.39 is 5.69 Å². The van der Waals surface area contributed by atoms with Gasteiger partial charge in [0.05, 0.1) is 16.9 Å². The Balaban J connectivity index is 1.99. The summed E-state index contributed by atoms with van der Waals surface area (Å²) >= 11 is 6.05. The Morgan fingerprint density at radius 1 is 1.11 bits per heavy atom. The Hall–Kier alpha value is -2.86. The van der Waals surface area contributed by atoms with Crippen LogP contribution in [0.5, 0.6) is 0 Å². The zero-order chi connectivity index (χ0) is 19.6. The second-order valence-electron chi connectivity index (χ2n) is 6.28. The molecule has 0 saturated carbocycles. The highest BCUT2D eigenvalue weighted by molar-refractivity contribution is 6.31. The zero-order valence-electron chi connectivity index (χ0n) is 15.1. The van der Waals surface area contributed by atoms with Crippen LogP contribution in [0.1, 0.15) is 25.5 Å². The molecular weight excluding hydrogens is 366 g/mol. The molecular formula is C20H20ClN3O3. The standard InChI is InChI=1S/C20H20ClN3O3/c1-3-23-19(26)16-10-9-15(21)11-17(16)24(20(23)27)12-18(25)22-13(2)14-7-5-4-6-8-14/h4-11,13H,3,12H2,1-2H3,(H,22,25)/t13-/m1/s1. The first-order valence-corrected chi connectivity index (χ1v) is 9.07. The molecule has 3 aromatic rings. The molecule has 0 spiro atoms. The van der Waals surface area contributed by atoms with Crippen molar-refractivity contribution in [1.29, 1.82) is 0 Å². The molecule has 6 nitrogen and oxygen atoms in total. The lowest BCUT2D eigenvalue weighted by molar-refractivity contribution is -0.122. The Bertz CT molecular complexity index is 1100. The monoisotopic (exact) mass is 385 g/mol. The van der Waals surface area contributed by atoms with Crippen molar-refractivity contribution in [2.45, 2.75) is 33.0 Å². The average molecular weight is 386 g/mol. The van der Waals surface area contributed by atoms with E-state index in [0.29, 0.717) is 15.9 Å². The van der Waals surface area contributed by atoms with Crippen LogP contribution in [-0.2, 0) is 17.9 Å². The molecule has 3 rings (SSSR count). The van der Waals surface area contributed by atoms with Crippen molar-refractivity contribution in [2.24, 2.45) is 0 Å². The van der Waals surface area contributed by atoms with Crippen LogP contribution in [-0.4, -0.2) is 15.0 Å². The number of nitrogens with one attached hydrogen (secondary N) is 1. The lowest BCUT2D eigenvalue weighted by Crippen LogP contribution is -2.42. The summed E-state index contributed by atoms with van der Waals surface area (Å²) in [5, 5.41) is 3.63. The molecule has 0 aliphatic carbocycles. The number of benzene rings is 2. The molecule has 0 fully saturated rings. The van der Waals surface area contributed by atoms with E-state index in [1.54, 1.807) is 19.1 Å². The minimum atomic E-state index is -0.528. The van der Waals surface area contributed by atoms with Crippen LogP contribution in [0, 0.1) is 0 Å². The van der Waals surface area contributed by atoms with Crippen LogP contribution in [0.4, 0.5) is 0 Å². The fourth-order valence-electron chi connectivity index (χ4n) is 3.08. The molecule has 0 aliphatic heterocycles. The maximum absolute atomic E-state index is 12.7. The first kappa shape index (κ1) is 18.9. The van der Waals surface area contributed by atoms with Crippen molar-refractivity contribution >= 4 is 28.4 Å². The molecule has 0 radical (unpaired) electrons. The Morgan fingerprint density at radius 2 is 1.81 bits per heavy atom. The highest BCUT2D eigenvalue weighted by Gasteiger charge is 2.16. The SMILES string of the molecule is CCn1c(=O)c2ccc(Cl)cc2n(CC(=O)N[C@H](C)c2ccccc2)c1=O. The van der Waals surface area contributed by atoms with E-state index in [1.165, 1.54) is 10.6 Å². The minimum absolute atomic E-state index is 0.201. The largest absolute Gasteiger partial charge is 0.348 e. The molecule has 1 amide bonds. The van der Waals surface area contributed by atoms with Gasteiger partial charge in [-0.3, -0.25) is 18.7 Å². The molecule has 0 saturated heterocycles. The highest BCUT2D eigenvalue weighted by atomic mass is 35.5. The van der Waals surface area contributed by atoms with Gasteiger partial charge in [0.2, 0.25) is 5.91 Å². The van der Waals surface area contributed by atoms with Crippen molar-refractivity contribution in [3.05, 3.63) is 80.0 Å². The van der Waals surface area contributed by atoms with E-state index in [-0.39, 0.29) is 30.6 Å². The molecule has 1 heterocycles. The normalized spacial score (nSPS) is 12.1. The van der Waals surface area contributed by atoms with Gasteiger partial charge in [-0.1, -0.05) is 41.9 Å². The van der Waals surface area contributed by atoms with Gasteiger partial charge in [0.1, 0.15) is 6.54 Å². The molecule has 1 N–H and O–H groups in total. The van der Waals surface area contributed by atoms with Crippen molar-refractivity contribution < 1.29 is 4.79 Å². The van der Waals surface area contributed by atoms with Crippen molar-refractivity contribution in [3.63, 3.8) is 0 Å². The van der Waals surface area contributed by atoms with Gasteiger partial charge < -0.3 is 5.32 Å². The van der Waals surface area contributed by atoms with E-state index >= 15 is 0 Å². The minimum Gasteiger partial charge on any atom is -0.348 e. The van der Waals surface area contributed by atoms with Crippen LogP contribution in [0.15, 0.2) is 58.1 Å². The zero-order valence-corrected chi connectivity index (χ0v) is 15.9. The number of aromatic nitrogens is 2.